The van der Waals surface area contributed by atoms with Gasteiger partial charge in [-0.05, 0) is 12.5 Å². The van der Waals surface area contributed by atoms with E-state index in [9.17, 15) is 4.79 Å². The molecule has 0 spiro atoms. The fourth-order valence-electron chi connectivity index (χ4n) is 2.74. The number of rotatable bonds is 4. The molecule has 5 heteroatoms. The summed E-state index contributed by atoms with van der Waals surface area (Å²) in [5.74, 6) is 0.802. The first-order valence-electron chi connectivity index (χ1n) is 7.65. The molecule has 0 saturated carbocycles. The van der Waals surface area contributed by atoms with Gasteiger partial charge < -0.3 is 9.32 Å². The number of aryl methyl sites for hydroxylation is 1. The highest BCUT2D eigenvalue weighted by atomic mass is 16.3. The monoisotopic (exact) mass is 299 g/mol. The Morgan fingerprint density at radius 1 is 1.18 bits per heavy atom. The molecule has 22 heavy (non-hydrogen) atoms. The van der Waals surface area contributed by atoms with E-state index in [4.69, 9.17) is 4.42 Å². The summed E-state index contributed by atoms with van der Waals surface area (Å²) in [7, 11) is 0. The topological polar surface area (TPSA) is 49.6 Å². The van der Waals surface area contributed by atoms with E-state index in [-0.39, 0.29) is 5.91 Å². The lowest BCUT2D eigenvalue weighted by Crippen LogP contribution is -2.48. The van der Waals surface area contributed by atoms with Crippen LogP contribution in [0.2, 0.25) is 0 Å². The number of benzene rings is 1. The number of carbonyl (C=O) groups excluding carboxylic acids is 1. The molecule has 2 aromatic rings. The Kier molecular flexibility index (Phi) is 4.53. The molecular weight excluding hydrogens is 278 g/mol. The van der Waals surface area contributed by atoms with Crippen LogP contribution in [0.15, 0.2) is 41.1 Å². The Hall–Kier alpha value is -2.14. The summed E-state index contributed by atoms with van der Waals surface area (Å²) in [6.07, 6.45) is 1.71. The summed E-state index contributed by atoms with van der Waals surface area (Å²) >= 11 is 0. The van der Waals surface area contributed by atoms with Crippen LogP contribution in [0.25, 0.3) is 0 Å². The summed E-state index contributed by atoms with van der Waals surface area (Å²) in [5.41, 5.74) is 2.12. The van der Waals surface area contributed by atoms with Gasteiger partial charge in [0.05, 0.1) is 12.1 Å². The van der Waals surface area contributed by atoms with Crippen LogP contribution < -0.4 is 0 Å². The molecule has 1 aromatic carbocycles. The van der Waals surface area contributed by atoms with Gasteiger partial charge in [0, 0.05) is 32.7 Å². The third kappa shape index (κ3) is 3.54. The predicted octanol–water partition coefficient (Wildman–Crippen LogP) is 1.87. The lowest BCUT2D eigenvalue weighted by atomic mass is 10.2. The van der Waals surface area contributed by atoms with Gasteiger partial charge in [0.2, 0.25) is 5.91 Å². The molecule has 0 atom stereocenters. The molecule has 1 fully saturated rings. The summed E-state index contributed by atoms with van der Waals surface area (Å²) in [6, 6.07) is 10.4. The van der Waals surface area contributed by atoms with Gasteiger partial charge in [-0.1, -0.05) is 30.3 Å². The van der Waals surface area contributed by atoms with E-state index >= 15 is 0 Å². The van der Waals surface area contributed by atoms with Gasteiger partial charge in [-0.3, -0.25) is 9.69 Å². The zero-order chi connectivity index (χ0) is 15.4. The van der Waals surface area contributed by atoms with Gasteiger partial charge in [-0.25, -0.2) is 4.98 Å². The third-order valence-corrected chi connectivity index (χ3v) is 4.13. The van der Waals surface area contributed by atoms with E-state index in [1.807, 2.05) is 17.9 Å². The molecule has 5 nitrogen and oxygen atoms in total. The molecule has 0 N–H and O–H groups in total. The van der Waals surface area contributed by atoms with Crippen molar-refractivity contribution >= 4 is 5.91 Å². The van der Waals surface area contributed by atoms with Gasteiger partial charge in [0.25, 0.3) is 0 Å². The van der Waals surface area contributed by atoms with E-state index in [0.29, 0.717) is 12.2 Å². The molecular formula is C17H21N3O2. The Morgan fingerprint density at radius 3 is 2.55 bits per heavy atom. The molecule has 1 aromatic heterocycles. The van der Waals surface area contributed by atoms with Crippen LogP contribution in [-0.2, 0) is 17.8 Å². The fraction of sp³-hybridized carbons (Fsp3) is 0.412. The fourth-order valence-corrected chi connectivity index (χ4v) is 2.74. The summed E-state index contributed by atoms with van der Waals surface area (Å²) in [5, 5.41) is 0. The molecule has 0 aliphatic carbocycles. The van der Waals surface area contributed by atoms with Crippen LogP contribution in [-0.4, -0.2) is 46.9 Å². The Bertz CT molecular complexity index is 616. The molecule has 0 radical (unpaired) electrons. The van der Waals surface area contributed by atoms with Crippen molar-refractivity contribution in [1.29, 1.82) is 0 Å². The van der Waals surface area contributed by atoms with Gasteiger partial charge >= 0.3 is 0 Å². The number of aromatic nitrogens is 1. The maximum absolute atomic E-state index is 12.3. The van der Waals surface area contributed by atoms with E-state index in [1.165, 1.54) is 12.0 Å². The Labute approximate surface area is 130 Å². The molecule has 1 aliphatic heterocycles. The molecule has 3 rings (SSSR count). The maximum Gasteiger partial charge on any atom is 0.230 e. The van der Waals surface area contributed by atoms with E-state index in [2.05, 4.69) is 34.1 Å². The Morgan fingerprint density at radius 2 is 1.91 bits per heavy atom. The number of nitrogens with zero attached hydrogens (tertiary/aromatic N) is 3. The largest absolute Gasteiger partial charge is 0.448 e. The van der Waals surface area contributed by atoms with Crippen LogP contribution in [0.1, 0.15) is 17.0 Å². The van der Waals surface area contributed by atoms with Crippen LogP contribution in [0.3, 0.4) is 0 Å². The quantitative estimate of drug-likeness (QED) is 0.865. The first kappa shape index (κ1) is 14.8. The first-order chi connectivity index (χ1) is 10.7. The normalized spacial score (nSPS) is 16.0. The molecule has 2 heterocycles. The van der Waals surface area contributed by atoms with Crippen molar-refractivity contribution in [2.75, 3.05) is 26.2 Å². The second-order valence-corrected chi connectivity index (χ2v) is 5.68. The summed E-state index contributed by atoms with van der Waals surface area (Å²) in [4.78, 5) is 20.6. The van der Waals surface area contributed by atoms with Crippen LogP contribution in [0.4, 0.5) is 0 Å². The van der Waals surface area contributed by atoms with Crippen molar-refractivity contribution < 1.29 is 9.21 Å². The minimum absolute atomic E-state index is 0.124. The van der Waals surface area contributed by atoms with Crippen LogP contribution in [0.5, 0.6) is 0 Å². The molecule has 0 bridgehead atoms. The number of oxazole rings is 1. The second-order valence-electron chi connectivity index (χ2n) is 5.68. The standard InChI is InChI=1S/C17H21N3O2/c1-14-16(22-13-18-14)11-17(21)20-9-7-19(8-10-20)12-15-5-3-2-4-6-15/h2-6,13H,7-12H2,1H3. The summed E-state index contributed by atoms with van der Waals surface area (Å²) in [6.45, 7) is 6.19. The molecule has 1 saturated heterocycles. The Balaban J connectivity index is 1.49. The van der Waals surface area contributed by atoms with Crippen molar-refractivity contribution in [3.05, 3.63) is 53.7 Å². The first-order valence-corrected chi connectivity index (χ1v) is 7.65. The van der Waals surface area contributed by atoms with Crippen LogP contribution in [0, 0.1) is 6.92 Å². The van der Waals surface area contributed by atoms with Crippen molar-refractivity contribution in [2.24, 2.45) is 0 Å². The van der Waals surface area contributed by atoms with Gasteiger partial charge in [0.15, 0.2) is 6.39 Å². The van der Waals surface area contributed by atoms with Gasteiger partial charge in [-0.15, -0.1) is 0 Å². The highest BCUT2D eigenvalue weighted by Gasteiger charge is 2.22. The molecule has 116 valence electrons. The van der Waals surface area contributed by atoms with E-state index < -0.39 is 0 Å². The zero-order valence-electron chi connectivity index (χ0n) is 12.9. The molecule has 1 aliphatic rings. The lowest BCUT2D eigenvalue weighted by Gasteiger charge is -2.34. The predicted molar refractivity (Wildman–Crippen MR) is 83.2 cm³/mol. The molecule has 0 unspecified atom stereocenters. The number of hydrogen-bond donors (Lipinski definition) is 0. The van der Waals surface area contributed by atoms with E-state index in [1.54, 1.807) is 0 Å². The minimum Gasteiger partial charge on any atom is -0.448 e. The van der Waals surface area contributed by atoms with Crippen molar-refractivity contribution in [1.82, 2.24) is 14.8 Å². The SMILES string of the molecule is Cc1ncoc1CC(=O)N1CCN(Cc2ccccc2)CC1. The van der Waals surface area contributed by atoms with Crippen molar-refractivity contribution in [2.45, 2.75) is 19.9 Å². The number of carbonyl (C=O) groups is 1. The van der Waals surface area contributed by atoms with Gasteiger partial charge in [-0.2, -0.15) is 0 Å². The highest BCUT2D eigenvalue weighted by Crippen LogP contribution is 2.11. The number of hydrogen-bond acceptors (Lipinski definition) is 4. The lowest BCUT2D eigenvalue weighted by molar-refractivity contribution is -0.132. The number of amides is 1. The summed E-state index contributed by atoms with van der Waals surface area (Å²) < 4.78 is 5.26. The minimum atomic E-state index is 0.124. The smallest absolute Gasteiger partial charge is 0.230 e. The van der Waals surface area contributed by atoms with Gasteiger partial charge in [0.1, 0.15) is 5.76 Å². The van der Waals surface area contributed by atoms with Crippen LogP contribution >= 0.6 is 0 Å². The maximum atomic E-state index is 12.3. The second kappa shape index (κ2) is 6.75. The zero-order valence-corrected chi connectivity index (χ0v) is 12.9. The van der Waals surface area contributed by atoms with Crippen molar-refractivity contribution in [3.8, 4) is 0 Å². The molecule has 1 amide bonds. The highest BCUT2D eigenvalue weighted by molar-refractivity contribution is 5.78. The third-order valence-electron chi connectivity index (χ3n) is 4.13. The number of piperazine rings is 1. The average Bonchev–Trinajstić information content (AvgIpc) is 2.94. The van der Waals surface area contributed by atoms with E-state index in [0.717, 1.165) is 38.4 Å². The van der Waals surface area contributed by atoms with Crippen molar-refractivity contribution in [3.63, 3.8) is 0 Å². The average molecular weight is 299 g/mol.